The quantitative estimate of drug-likeness (QED) is 0.386. The van der Waals surface area contributed by atoms with Gasteiger partial charge >= 0.3 is 0 Å². The van der Waals surface area contributed by atoms with Crippen molar-refractivity contribution in [3.05, 3.63) is 57.9 Å². The first-order chi connectivity index (χ1) is 14.5. The molecular weight excluding hydrogens is 395 g/mol. The minimum Gasteiger partial charge on any atom is -0.383 e. The van der Waals surface area contributed by atoms with E-state index in [4.69, 9.17) is 9.47 Å². The van der Waals surface area contributed by atoms with Crippen molar-refractivity contribution < 1.29 is 23.6 Å². The number of halogens is 1. The second-order valence-corrected chi connectivity index (χ2v) is 6.63. The maximum atomic E-state index is 14.5. The van der Waals surface area contributed by atoms with E-state index >= 15 is 0 Å². The van der Waals surface area contributed by atoms with Gasteiger partial charge in [-0.2, -0.15) is 0 Å². The van der Waals surface area contributed by atoms with E-state index in [1.54, 1.807) is 12.1 Å². The first kappa shape index (κ1) is 21.5. The molecule has 0 spiro atoms. The summed E-state index contributed by atoms with van der Waals surface area (Å²) in [5.41, 5.74) is 0.858. The summed E-state index contributed by atoms with van der Waals surface area (Å²) in [6.45, 7) is 3.03. The molecule has 1 aliphatic heterocycles. The maximum absolute atomic E-state index is 14.5. The normalized spacial score (nSPS) is 13.7. The second-order valence-electron chi connectivity index (χ2n) is 6.63. The van der Waals surface area contributed by atoms with Gasteiger partial charge in [0.05, 0.1) is 30.4 Å². The highest BCUT2D eigenvalue weighted by atomic mass is 19.1. The molecule has 1 heterocycles. The van der Waals surface area contributed by atoms with Gasteiger partial charge in [-0.15, -0.1) is 0 Å². The third-order valence-corrected chi connectivity index (χ3v) is 4.64. The molecular formula is C20H23FN4O5. The summed E-state index contributed by atoms with van der Waals surface area (Å²) in [6, 6.07) is 8.55. The highest BCUT2D eigenvalue weighted by Gasteiger charge is 2.19. The van der Waals surface area contributed by atoms with Crippen LogP contribution in [0.25, 0.3) is 0 Å². The zero-order valence-electron chi connectivity index (χ0n) is 16.5. The third-order valence-electron chi connectivity index (χ3n) is 4.64. The number of nitro benzene ring substituents is 1. The molecule has 0 radical (unpaired) electrons. The Balaban J connectivity index is 1.72. The van der Waals surface area contributed by atoms with Gasteiger partial charge in [0.2, 0.25) is 0 Å². The Morgan fingerprint density at radius 2 is 2.03 bits per heavy atom. The zero-order chi connectivity index (χ0) is 21.5. The van der Waals surface area contributed by atoms with E-state index in [0.29, 0.717) is 45.1 Å². The number of hydrogen-bond donors (Lipinski definition) is 2. The minimum atomic E-state index is -0.569. The Hall–Kier alpha value is -3.24. The van der Waals surface area contributed by atoms with Crippen LogP contribution in [0.1, 0.15) is 10.4 Å². The Labute approximate surface area is 172 Å². The van der Waals surface area contributed by atoms with Gasteiger partial charge in [-0.1, -0.05) is 0 Å². The number of carbonyl (C=O) groups excluding carboxylic acids is 1. The van der Waals surface area contributed by atoms with E-state index in [1.807, 2.05) is 4.90 Å². The molecule has 0 saturated carbocycles. The lowest BCUT2D eigenvalue weighted by Gasteiger charge is -2.29. The predicted molar refractivity (Wildman–Crippen MR) is 111 cm³/mol. The molecule has 1 aliphatic rings. The van der Waals surface area contributed by atoms with Crippen molar-refractivity contribution in [1.82, 2.24) is 0 Å². The standard InChI is InChI=1S/C20H23FN4O5/c1-29-9-6-22-17-4-2-14(12-19(17)25(27)28)20(26)23-15-3-5-18(16(21)13-15)24-7-10-30-11-8-24/h2-5,12-13,22H,6-11H2,1H3,(H,23,26). The lowest BCUT2D eigenvalue weighted by atomic mass is 10.1. The molecule has 0 atom stereocenters. The topological polar surface area (TPSA) is 106 Å². The Morgan fingerprint density at radius 1 is 1.27 bits per heavy atom. The molecule has 1 saturated heterocycles. The van der Waals surface area contributed by atoms with E-state index in [1.165, 1.54) is 31.4 Å². The second kappa shape index (κ2) is 9.99. The average molecular weight is 418 g/mol. The number of carbonyl (C=O) groups is 1. The van der Waals surface area contributed by atoms with Gasteiger partial charge in [0.15, 0.2) is 0 Å². The molecule has 1 fully saturated rings. The number of methoxy groups -OCH3 is 1. The lowest BCUT2D eigenvalue weighted by molar-refractivity contribution is -0.384. The third kappa shape index (κ3) is 5.22. The van der Waals surface area contributed by atoms with Crippen LogP contribution in [0.2, 0.25) is 0 Å². The molecule has 9 nitrogen and oxygen atoms in total. The molecule has 30 heavy (non-hydrogen) atoms. The van der Waals surface area contributed by atoms with Gasteiger partial charge in [0.1, 0.15) is 11.5 Å². The number of nitro groups is 1. The first-order valence-electron chi connectivity index (χ1n) is 9.44. The van der Waals surface area contributed by atoms with Crippen LogP contribution in [0.5, 0.6) is 0 Å². The molecule has 160 valence electrons. The summed E-state index contributed by atoms with van der Waals surface area (Å²) in [6.07, 6.45) is 0. The van der Waals surface area contributed by atoms with Gasteiger partial charge in [0.25, 0.3) is 11.6 Å². The molecule has 1 amide bonds. The molecule has 0 bridgehead atoms. The predicted octanol–water partition coefficient (Wildman–Crippen LogP) is 2.88. The lowest BCUT2D eigenvalue weighted by Crippen LogP contribution is -2.36. The van der Waals surface area contributed by atoms with Crippen molar-refractivity contribution in [2.45, 2.75) is 0 Å². The summed E-state index contributed by atoms with van der Waals surface area (Å²) in [4.78, 5) is 25.2. The van der Waals surface area contributed by atoms with Crippen LogP contribution in [-0.4, -0.2) is 57.4 Å². The van der Waals surface area contributed by atoms with Crippen LogP contribution in [0.15, 0.2) is 36.4 Å². The smallest absolute Gasteiger partial charge is 0.293 e. The number of anilines is 3. The van der Waals surface area contributed by atoms with Gasteiger partial charge in [-0.25, -0.2) is 4.39 Å². The highest BCUT2D eigenvalue weighted by Crippen LogP contribution is 2.27. The first-order valence-corrected chi connectivity index (χ1v) is 9.44. The summed E-state index contributed by atoms with van der Waals surface area (Å²) < 4.78 is 24.7. The fourth-order valence-electron chi connectivity index (χ4n) is 3.11. The Morgan fingerprint density at radius 3 is 2.70 bits per heavy atom. The molecule has 10 heteroatoms. The van der Waals surface area contributed by atoms with Crippen LogP contribution < -0.4 is 15.5 Å². The SMILES string of the molecule is COCCNc1ccc(C(=O)Nc2ccc(N3CCOCC3)c(F)c2)cc1[N+](=O)[O-]. The van der Waals surface area contributed by atoms with Gasteiger partial charge in [-0.3, -0.25) is 14.9 Å². The van der Waals surface area contributed by atoms with E-state index in [0.717, 1.165) is 0 Å². The van der Waals surface area contributed by atoms with Gasteiger partial charge in [0, 0.05) is 44.1 Å². The number of morpholine rings is 1. The highest BCUT2D eigenvalue weighted by molar-refractivity contribution is 6.05. The number of nitrogens with one attached hydrogen (secondary N) is 2. The Bertz CT molecular complexity index is 918. The van der Waals surface area contributed by atoms with Crippen LogP contribution in [0, 0.1) is 15.9 Å². The number of benzene rings is 2. The fraction of sp³-hybridized carbons (Fsp3) is 0.350. The number of amides is 1. The van der Waals surface area contributed by atoms with Gasteiger partial charge in [-0.05, 0) is 30.3 Å². The molecule has 0 aliphatic carbocycles. The molecule has 3 rings (SSSR count). The van der Waals surface area contributed by atoms with Crippen molar-refractivity contribution in [2.75, 3.05) is 62.1 Å². The van der Waals surface area contributed by atoms with Crippen molar-refractivity contribution in [3.8, 4) is 0 Å². The van der Waals surface area contributed by atoms with E-state index in [-0.39, 0.29) is 22.6 Å². The molecule has 2 aromatic rings. The van der Waals surface area contributed by atoms with Crippen LogP contribution in [-0.2, 0) is 9.47 Å². The monoisotopic (exact) mass is 418 g/mol. The summed E-state index contributed by atoms with van der Waals surface area (Å²) in [7, 11) is 1.53. The molecule has 0 aromatic heterocycles. The summed E-state index contributed by atoms with van der Waals surface area (Å²) in [5.74, 6) is -1.03. The average Bonchev–Trinajstić information content (AvgIpc) is 2.74. The Kier molecular flexibility index (Phi) is 7.15. The summed E-state index contributed by atoms with van der Waals surface area (Å²) in [5, 5.41) is 16.8. The zero-order valence-corrected chi connectivity index (χ0v) is 16.5. The van der Waals surface area contributed by atoms with Gasteiger partial charge < -0.3 is 25.0 Å². The largest absolute Gasteiger partial charge is 0.383 e. The maximum Gasteiger partial charge on any atom is 0.293 e. The van der Waals surface area contributed by atoms with E-state index in [9.17, 15) is 19.3 Å². The minimum absolute atomic E-state index is 0.0941. The number of nitrogens with zero attached hydrogens (tertiary/aromatic N) is 2. The fourth-order valence-corrected chi connectivity index (χ4v) is 3.11. The van der Waals surface area contributed by atoms with Crippen molar-refractivity contribution in [3.63, 3.8) is 0 Å². The number of ether oxygens (including phenoxy) is 2. The van der Waals surface area contributed by atoms with Crippen molar-refractivity contribution in [2.24, 2.45) is 0 Å². The molecule has 0 unspecified atom stereocenters. The van der Waals surface area contributed by atoms with Crippen LogP contribution in [0.3, 0.4) is 0 Å². The molecule has 2 aromatic carbocycles. The van der Waals surface area contributed by atoms with E-state index in [2.05, 4.69) is 10.6 Å². The molecule has 2 N–H and O–H groups in total. The van der Waals surface area contributed by atoms with E-state index < -0.39 is 16.6 Å². The summed E-state index contributed by atoms with van der Waals surface area (Å²) >= 11 is 0. The van der Waals surface area contributed by atoms with Crippen LogP contribution >= 0.6 is 0 Å². The number of rotatable bonds is 8. The van der Waals surface area contributed by atoms with Crippen molar-refractivity contribution in [1.29, 1.82) is 0 Å². The van der Waals surface area contributed by atoms with Crippen LogP contribution in [0.4, 0.5) is 27.1 Å². The number of hydrogen-bond acceptors (Lipinski definition) is 7. The van der Waals surface area contributed by atoms with Crippen molar-refractivity contribution >= 4 is 28.7 Å².